The van der Waals surface area contributed by atoms with Gasteiger partial charge in [0.15, 0.2) is 0 Å². The number of carbonyl (C=O) groups excluding carboxylic acids is 1. The van der Waals surface area contributed by atoms with Gasteiger partial charge in [0.2, 0.25) is 10.0 Å². The summed E-state index contributed by atoms with van der Waals surface area (Å²) in [5.41, 5.74) is 1.57. The molecule has 0 aliphatic heterocycles. The molecule has 1 fully saturated rings. The summed E-state index contributed by atoms with van der Waals surface area (Å²) < 4.78 is 33.1. The molecule has 3 N–H and O–H groups in total. The van der Waals surface area contributed by atoms with Crippen LogP contribution >= 0.6 is 0 Å². The highest BCUT2D eigenvalue weighted by molar-refractivity contribution is 7.89. The number of carbonyl (C=O) groups is 1. The van der Waals surface area contributed by atoms with E-state index in [-0.39, 0.29) is 17.4 Å². The Bertz CT molecular complexity index is 775. The van der Waals surface area contributed by atoms with Crippen molar-refractivity contribution in [2.75, 3.05) is 6.61 Å². The molecule has 27 heavy (non-hydrogen) atoms. The Labute approximate surface area is 160 Å². The second-order valence-electron chi connectivity index (χ2n) is 6.58. The van der Waals surface area contributed by atoms with Crippen molar-refractivity contribution in [3.8, 4) is 17.6 Å². The van der Waals surface area contributed by atoms with Gasteiger partial charge in [-0.1, -0.05) is 38.0 Å². The number of rotatable bonds is 8. The van der Waals surface area contributed by atoms with E-state index in [2.05, 4.69) is 16.6 Å². The van der Waals surface area contributed by atoms with E-state index < -0.39 is 22.0 Å². The summed E-state index contributed by atoms with van der Waals surface area (Å²) in [7, 11) is -3.91. The third kappa shape index (κ3) is 6.54. The van der Waals surface area contributed by atoms with E-state index in [4.69, 9.17) is 9.94 Å². The van der Waals surface area contributed by atoms with Crippen LogP contribution in [0.1, 0.15) is 45.4 Å². The van der Waals surface area contributed by atoms with Gasteiger partial charge in [0.25, 0.3) is 5.91 Å². The van der Waals surface area contributed by atoms with Gasteiger partial charge in [-0.3, -0.25) is 10.0 Å². The minimum atomic E-state index is -3.91. The predicted octanol–water partition coefficient (Wildman–Crippen LogP) is 2.21. The van der Waals surface area contributed by atoms with Crippen molar-refractivity contribution >= 4 is 15.9 Å². The van der Waals surface area contributed by atoms with Gasteiger partial charge in [0.1, 0.15) is 18.4 Å². The van der Waals surface area contributed by atoms with Crippen LogP contribution in [0.4, 0.5) is 0 Å². The maximum Gasteiger partial charge on any atom is 0.261 e. The Morgan fingerprint density at radius 2 is 1.93 bits per heavy atom. The zero-order valence-corrected chi connectivity index (χ0v) is 16.2. The first-order chi connectivity index (χ1) is 13.0. The predicted molar refractivity (Wildman–Crippen MR) is 101 cm³/mol. The molecule has 7 nitrogen and oxygen atoms in total. The van der Waals surface area contributed by atoms with Crippen LogP contribution in [-0.2, 0) is 14.8 Å². The average Bonchev–Trinajstić information content (AvgIpc) is 2.68. The zero-order valence-electron chi connectivity index (χ0n) is 15.4. The van der Waals surface area contributed by atoms with Crippen LogP contribution in [0.25, 0.3) is 0 Å². The first-order valence-corrected chi connectivity index (χ1v) is 10.5. The van der Waals surface area contributed by atoms with E-state index in [1.165, 1.54) is 24.3 Å². The van der Waals surface area contributed by atoms with Crippen LogP contribution < -0.4 is 14.9 Å². The maximum absolute atomic E-state index is 12.6. The lowest BCUT2D eigenvalue weighted by atomic mass is 9.85. The summed E-state index contributed by atoms with van der Waals surface area (Å²) in [5, 5.41) is 8.98. The quantitative estimate of drug-likeness (QED) is 0.356. The molecule has 1 aromatic rings. The molecular weight excluding hydrogens is 368 g/mol. The van der Waals surface area contributed by atoms with Crippen LogP contribution in [0.15, 0.2) is 29.2 Å². The highest BCUT2D eigenvalue weighted by Crippen LogP contribution is 2.28. The van der Waals surface area contributed by atoms with Crippen molar-refractivity contribution < 1.29 is 23.2 Å². The molecule has 1 aliphatic rings. The SMILES string of the molecule is CC#CCOc1ccc(S(=O)(=O)NC(CC2CCCCC2)C(=O)NO)cc1. The number of hydrogen-bond donors (Lipinski definition) is 3. The molecule has 0 heterocycles. The smallest absolute Gasteiger partial charge is 0.261 e. The summed E-state index contributed by atoms with van der Waals surface area (Å²) >= 11 is 0. The first-order valence-electron chi connectivity index (χ1n) is 9.05. The number of sulfonamides is 1. The van der Waals surface area contributed by atoms with Crippen molar-refractivity contribution in [1.82, 2.24) is 10.2 Å². The Morgan fingerprint density at radius 1 is 1.26 bits per heavy atom. The van der Waals surface area contributed by atoms with Gasteiger partial charge in [-0.05, 0) is 43.5 Å². The number of amides is 1. The largest absolute Gasteiger partial charge is 0.481 e. The van der Waals surface area contributed by atoms with Gasteiger partial charge in [-0.15, -0.1) is 5.92 Å². The van der Waals surface area contributed by atoms with E-state index in [9.17, 15) is 13.2 Å². The van der Waals surface area contributed by atoms with Crippen molar-refractivity contribution in [3.63, 3.8) is 0 Å². The molecule has 0 radical (unpaired) electrons. The number of benzene rings is 1. The summed E-state index contributed by atoms with van der Waals surface area (Å²) in [6, 6.07) is 4.87. The molecule has 1 saturated carbocycles. The number of nitrogens with one attached hydrogen (secondary N) is 2. The van der Waals surface area contributed by atoms with Gasteiger partial charge in [0, 0.05) is 0 Å². The number of ether oxygens (including phenoxy) is 1. The summed E-state index contributed by atoms with van der Waals surface area (Å²) in [5.74, 6) is 5.48. The molecular formula is C19H26N2O5S. The van der Waals surface area contributed by atoms with E-state index in [1.807, 2.05) is 0 Å². The normalized spacial score (nSPS) is 16.1. The number of hydrogen-bond acceptors (Lipinski definition) is 5. The third-order valence-electron chi connectivity index (χ3n) is 4.64. The van der Waals surface area contributed by atoms with E-state index in [1.54, 1.807) is 12.4 Å². The summed E-state index contributed by atoms with van der Waals surface area (Å²) in [4.78, 5) is 12.0. The fourth-order valence-corrected chi connectivity index (χ4v) is 4.41. The van der Waals surface area contributed by atoms with Crippen molar-refractivity contribution in [1.29, 1.82) is 0 Å². The fourth-order valence-electron chi connectivity index (χ4n) is 3.20. The third-order valence-corrected chi connectivity index (χ3v) is 6.13. The van der Waals surface area contributed by atoms with Crippen molar-refractivity contribution in [2.45, 2.75) is 56.4 Å². The molecule has 148 valence electrons. The minimum absolute atomic E-state index is 0.0239. The molecule has 1 aliphatic carbocycles. The van der Waals surface area contributed by atoms with Crippen LogP contribution in [0.2, 0.25) is 0 Å². The molecule has 0 saturated heterocycles. The Kier molecular flexibility index (Phi) is 8.10. The molecule has 0 spiro atoms. The fraction of sp³-hybridized carbons (Fsp3) is 0.526. The maximum atomic E-state index is 12.6. The minimum Gasteiger partial charge on any atom is -0.481 e. The van der Waals surface area contributed by atoms with Crippen LogP contribution in [0, 0.1) is 17.8 Å². The summed E-state index contributed by atoms with van der Waals surface area (Å²) in [6.07, 6.45) is 5.61. The van der Waals surface area contributed by atoms with Gasteiger partial charge < -0.3 is 4.74 Å². The second kappa shape index (κ2) is 10.3. The molecule has 2 rings (SSSR count). The van der Waals surface area contributed by atoms with Gasteiger partial charge in [0.05, 0.1) is 4.90 Å². The topological polar surface area (TPSA) is 105 Å². The lowest BCUT2D eigenvalue weighted by molar-refractivity contribution is -0.131. The van der Waals surface area contributed by atoms with Gasteiger partial charge >= 0.3 is 0 Å². The van der Waals surface area contributed by atoms with Crippen molar-refractivity contribution in [2.24, 2.45) is 5.92 Å². The Morgan fingerprint density at radius 3 is 2.52 bits per heavy atom. The van der Waals surface area contributed by atoms with E-state index in [0.717, 1.165) is 32.1 Å². The lowest BCUT2D eigenvalue weighted by Crippen LogP contribution is -2.46. The van der Waals surface area contributed by atoms with Crippen LogP contribution in [0.5, 0.6) is 5.75 Å². The zero-order chi connectivity index (χ0) is 19.7. The molecule has 0 bridgehead atoms. The highest BCUT2D eigenvalue weighted by atomic mass is 32.2. The molecule has 8 heteroatoms. The standard InChI is InChI=1S/C19H26N2O5S/c1-2-3-13-26-16-9-11-17(12-10-16)27(24,25)21-18(19(22)20-23)14-15-7-5-4-6-8-15/h9-12,15,18,21,23H,4-8,13-14H2,1H3,(H,20,22). The van der Waals surface area contributed by atoms with E-state index >= 15 is 0 Å². The highest BCUT2D eigenvalue weighted by Gasteiger charge is 2.29. The molecule has 1 atom stereocenters. The lowest BCUT2D eigenvalue weighted by Gasteiger charge is -2.26. The molecule has 1 aromatic carbocycles. The summed E-state index contributed by atoms with van der Waals surface area (Å²) in [6.45, 7) is 1.93. The Hall–Kier alpha value is -2.08. The number of hydroxylamine groups is 1. The first kappa shape index (κ1) is 21.2. The van der Waals surface area contributed by atoms with Crippen LogP contribution in [0.3, 0.4) is 0 Å². The molecule has 1 amide bonds. The van der Waals surface area contributed by atoms with Gasteiger partial charge in [-0.2, -0.15) is 4.72 Å². The van der Waals surface area contributed by atoms with Crippen molar-refractivity contribution in [3.05, 3.63) is 24.3 Å². The van der Waals surface area contributed by atoms with Crippen LogP contribution in [-0.4, -0.2) is 32.2 Å². The van der Waals surface area contributed by atoms with E-state index in [0.29, 0.717) is 12.2 Å². The average molecular weight is 394 g/mol. The monoisotopic (exact) mass is 394 g/mol. The molecule has 0 aromatic heterocycles. The molecule has 1 unspecified atom stereocenters. The second-order valence-corrected chi connectivity index (χ2v) is 8.29. The van der Waals surface area contributed by atoms with Gasteiger partial charge in [-0.25, -0.2) is 13.9 Å². The Balaban J connectivity index is 2.07.